The van der Waals surface area contributed by atoms with Crippen molar-refractivity contribution in [3.63, 3.8) is 0 Å². The first kappa shape index (κ1) is 40.7. The Kier molecular flexibility index (Phi) is 8.85. The summed E-state index contributed by atoms with van der Waals surface area (Å²) in [5.74, 6) is 2.44. The molecule has 6 aromatic heterocycles. The Labute approximate surface area is 430 Å². The summed E-state index contributed by atoms with van der Waals surface area (Å²) < 4.78 is 0. The van der Waals surface area contributed by atoms with Gasteiger partial charge in [0.25, 0.3) is 0 Å². The van der Waals surface area contributed by atoms with Crippen LogP contribution in [-0.4, -0.2) is 11.4 Å². The number of rotatable bonds is 4. The Morgan fingerprint density at radius 3 is 1.01 bits per heavy atom. The molecule has 15 aliphatic rings. The summed E-state index contributed by atoms with van der Waals surface area (Å²) in [7, 11) is 0. The number of aliphatic imine (C=N–C) groups is 2. The molecule has 13 aliphatic carbocycles. The van der Waals surface area contributed by atoms with Crippen LogP contribution in [0.25, 0.3) is 22.3 Å². The summed E-state index contributed by atoms with van der Waals surface area (Å²) in [4.78, 5) is 29.9. The first-order chi connectivity index (χ1) is 33.7. The maximum absolute atomic E-state index is 6.22. The van der Waals surface area contributed by atoms with Crippen molar-refractivity contribution >= 4 is 79.1 Å². The van der Waals surface area contributed by atoms with E-state index in [1.165, 1.54) is 86.3 Å². The molecule has 69 heavy (non-hydrogen) atoms. The maximum atomic E-state index is 6.22. The fraction of sp³-hybridized carbons (Fsp3) is 0.267. The molecule has 16 bridgehead atoms. The van der Waals surface area contributed by atoms with E-state index in [2.05, 4.69) is 119 Å². The van der Waals surface area contributed by atoms with Gasteiger partial charge in [0.15, 0.2) is 0 Å². The average Bonchev–Trinajstić information content (AvgIpc) is 4.24. The maximum Gasteiger partial charge on any atom is 2.00 e. The van der Waals surface area contributed by atoms with Crippen LogP contribution in [-0.2, 0) is 19.5 Å². The molecule has 0 N–H and O–H groups in total. The summed E-state index contributed by atoms with van der Waals surface area (Å²) in [6, 6.07) is 18.3. The molecule has 0 saturated heterocycles. The second-order valence-electron chi connectivity index (χ2n) is 20.7. The molecule has 0 radical (unpaired) electrons. The third kappa shape index (κ3) is 5.47. The van der Waals surface area contributed by atoms with Crippen LogP contribution in [0.3, 0.4) is 0 Å². The van der Waals surface area contributed by atoms with E-state index in [0.717, 1.165) is 96.3 Å². The van der Waals surface area contributed by atoms with Gasteiger partial charge in [0.2, 0.25) is 0 Å². The predicted molar refractivity (Wildman–Crippen MR) is 280 cm³/mol. The fourth-order valence-electron chi connectivity index (χ4n) is 14.7. The number of allylic oxidation sites excluding steroid dienone is 12. The van der Waals surface area contributed by atoms with Gasteiger partial charge in [0, 0.05) is 89.1 Å². The largest absolute Gasteiger partial charge is 2.00 e. The number of hydrogen-bond acceptors (Lipinski definition) is 6. The molecule has 9 heteroatoms. The van der Waals surface area contributed by atoms with Gasteiger partial charge >= 0.3 is 19.5 Å². The third-order valence-electron chi connectivity index (χ3n) is 17.5. The van der Waals surface area contributed by atoms with Crippen molar-refractivity contribution in [1.29, 1.82) is 0 Å². The van der Waals surface area contributed by atoms with E-state index in [-0.39, 0.29) is 19.5 Å². The van der Waals surface area contributed by atoms with Gasteiger partial charge in [-0.25, -0.2) is 9.98 Å². The molecule has 330 valence electrons. The summed E-state index contributed by atoms with van der Waals surface area (Å²) in [5, 5.41) is 11.3. The minimum Gasteiger partial charge on any atom is -0.656 e. The average molecular weight is 1010 g/mol. The van der Waals surface area contributed by atoms with Crippen LogP contribution in [0.1, 0.15) is 128 Å². The number of hydrogen-bond donors (Lipinski definition) is 0. The first-order valence-electron chi connectivity index (χ1n) is 24.9. The van der Waals surface area contributed by atoms with Crippen molar-refractivity contribution in [3.8, 4) is 0 Å². The standard InChI is InChI=1S/C60H44N4S4.Zn/c1-5-37(65-25-1)49-53-41-29-9-13-31(14-10-29)43(41)55(61-53)50(38-6-2-26-66-38)57-45-33-17-21-35(22-18-33)47(45)59(63-57)52(40-8-4-28-68-40)60-48-36-23-19-34(20-24-36)46(48)58(64-60)51(39-7-3-27-67-39)56-44-32-15-11-30(12-16-32)42(44)54(49)62-56;/h1-9,11,13,15,17,19,21,23,25-36H,10,12,14,16,18,20,22,24H2;/q-2;+2/t29-,30+,31+,32-,33-,34+,35+,36-;. The number of nitrogens with zero attached hydrogens (tertiary/aromatic N) is 4. The molecular weight excluding hydrogens is 970 g/mol. The molecule has 8 heterocycles. The van der Waals surface area contributed by atoms with E-state index in [0.29, 0.717) is 47.3 Å². The van der Waals surface area contributed by atoms with Gasteiger partial charge in [-0.05, 0) is 119 Å². The summed E-state index contributed by atoms with van der Waals surface area (Å²) in [6.07, 6.45) is 29.4. The number of thiophene rings is 4. The van der Waals surface area contributed by atoms with Gasteiger partial charge in [-0.15, -0.1) is 67.4 Å². The molecule has 6 aromatic rings. The van der Waals surface area contributed by atoms with Crippen LogP contribution in [0.5, 0.6) is 0 Å². The van der Waals surface area contributed by atoms with Crippen LogP contribution in [0.4, 0.5) is 0 Å². The summed E-state index contributed by atoms with van der Waals surface area (Å²) in [5.41, 5.74) is 23.3. The predicted octanol–water partition coefficient (Wildman–Crippen LogP) is 13.2. The van der Waals surface area contributed by atoms with Crippen molar-refractivity contribution in [1.82, 2.24) is 9.97 Å². The van der Waals surface area contributed by atoms with Crippen LogP contribution in [0, 0.1) is 23.7 Å². The van der Waals surface area contributed by atoms with E-state index in [9.17, 15) is 0 Å². The van der Waals surface area contributed by atoms with Crippen molar-refractivity contribution in [2.75, 3.05) is 0 Å². The van der Waals surface area contributed by atoms with E-state index < -0.39 is 0 Å². The quantitative estimate of drug-likeness (QED) is 0.131. The molecule has 0 amide bonds. The molecule has 0 aromatic carbocycles. The van der Waals surface area contributed by atoms with Gasteiger partial charge < -0.3 is 9.97 Å². The molecule has 0 unspecified atom stereocenters. The molecule has 21 rings (SSSR count). The minimum absolute atomic E-state index is 0. The second-order valence-corrected chi connectivity index (χ2v) is 24.4. The summed E-state index contributed by atoms with van der Waals surface area (Å²) >= 11 is 7.38. The van der Waals surface area contributed by atoms with E-state index in [4.69, 9.17) is 20.0 Å². The Balaban J connectivity index is 0.00000415. The first-order valence-corrected chi connectivity index (χ1v) is 28.5. The van der Waals surface area contributed by atoms with Crippen LogP contribution >= 0.6 is 45.3 Å². The van der Waals surface area contributed by atoms with Crippen LogP contribution < -0.4 is 20.7 Å². The second kappa shape index (κ2) is 15.0. The molecule has 4 nitrogen and oxygen atoms in total. The molecule has 2 aliphatic heterocycles. The zero-order chi connectivity index (χ0) is 43.9. The van der Waals surface area contributed by atoms with Crippen LogP contribution in [0.2, 0.25) is 0 Å². The van der Waals surface area contributed by atoms with E-state index >= 15 is 0 Å². The number of aromatic nitrogens is 2. The van der Waals surface area contributed by atoms with Crippen molar-refractivity contribution < 1.29 is 19.5 Å². The Morgan fingerprint density at radius 2 is 0.681 bits per heavy atom. The third-order valence-corrected chi connectivity index (χ3v) is 21.0. The summed E-state index contributed by atoms with van der Waals surface area (Å²) in [6.45, 7) is 0. The van der Waals surface area contributed by atoms with Gasteiger partial charge in [-0.1, -0.05) is 95.1 Å². The molecule has 0 saturated carbocycles. The zero-order valence-corrected chi connectivity index (χ0v) is 44.2. The topological polar surface area (TPSA) is 52.9 Å². The van der Waals surface area contributed by atoms with Gasteiger partial charge in [0.1, 0.15) is 0 Å². The number of fused-ring (bicyclic) bond motifs is 4. The van der Waals surface area contributed by atoms with Gasteiger partial charge in [-0.2, -0.15) is 0 Å². The normalized spacial score (nSPS) is 29.1. The molecular formula is C60H44N4S4Zn. The fourth-order valence-corrected chi connectivity index (χ4v) is 17.8. The van der Waals surface area contributed by atoms with E-state index in [1.54, 1.807) is 0 Å². The Hall–Kier alpha value is -5.02. The smallest absolute Gasteiger partial charge is 0.656 e. The van der Waals surface area contributed by atoms with Gasteiger partial charge in [-0.3, -0.25) is 0 Å². The zero-order valence-electron chi connectivity index (χ0n) is 38.0. The SMILES string of the molecule is C1=C[C@H]2CC[C@@H]1C1=C2C2=NC1=C(c1cccs1)c1[n-]c(c3c1[C@H]1C=C[C@@H]3CC1)C(c1cccs1)=C1N=C(C3=C1[C@H]1C=C[C@@H]3CC1)C(c1cccs1)=c1[n-]c(c3c1[C@H]1C=C[C@@H]3CC1)=C2c1cccs1.[Zn+2]. The van der Waals surface area contributed by atoms with Crippen molar-refractivity contribution in [3.05, 3.63) is 216 Å². The molecule has 0 fully saturated rings. The van der Waals surface area contributed by atoms with E-state index in [1.807, 2.05) is 45.3 Å². The van der Waals surface area contributed by atoms with Crippen molar-refractivity contribution in [2.45, 2.75) is 75.0 Å². The van der Waals surface area contributed by atoms with Crippen LogP contribution in [0.15, 0.2) is 162 Å². The Morgan fingerprint density at radius 1 is 0.362 bits per heavy atom. The molecule has 8 atom stereocenters. The van der Waals surface area contributed by atoms with Gasteiger partial charge in [0.05, 0.1) is 22.8 Å². The monoisotopic (exact) mass is 1010 g/mol. The minimum atomic E-state index is 0. The molecule has 0 spiro atoms. The Bertz CT molecular complexity index is 3480. The van der Waals surface area contributed by atoms with Crippen molar-refractivity contribution in [2.24, 2.45) is 33.7 Å².